The number of esters is 1. The summed E-state index contributed by atoms with van der Waals surface area (Å²) in [4.78, 5) is 15.5. The molecule has 0 unspecified atom stereocenters. The molecule has 0 saturated heterocycles. The molecular weight excluding hydrogens is 222 g/mol. The normalized spacial score (nSPS) is 10.7. The van der Waals surface area contributed by atoms with Crippen LogP contribution in [0.3, 0.4) is 0 Å². The van der Waals surface area contributed by atoms with Gasteiger partial charge in [0.05, 0.1) is 26.5 Å². The first-order valence-corrected chi connectivity index (χ1v) is 5.16. The molecule has 6 heteroatoms. The zero-order chi connectivity index (χ0) is 12.3. The molecule has 0 aliphatic rings. The van der Waals surface area contributed by atoms with Gasteiger partial charge < -0.3 is 9.47 Å². The van der Waals surface area contributed by atoms with E-state index < -0.39 is 5.97 Å². The van der Waals surface area contributed by atoms with Crippen molar-refractivity contribution in [3.8, 4) is 0 Å². The monoisotopic (exact) mass is 235 g/mol. The van der Waals surface area contributed by atoms with E-state index in [1.165, 1.54) is 7.11 Å². The zero-order valence-corrected chi connectivity index (χ0v) is 9.71. The maximum absolute atomic E-state index is 11.3. The summed E-state index contributed by atoms with van der Waals surface area (Å²) in [5.74, 6) is -0.448. The van der Waals surface area contributed by atoms with E-state index in [0.717, 1.165) is 5.52 Å². The summed E-state index contributed by atoms with van der Waals surface area (Å²) in [7, 11) is 2.97. The number of hydrogen-bond acceptors (Lipinski definition) is 5. The Morgan fingerprint density at radius 3 is 2.88 bits per heavy atom. The molecule has 2 aromatic heterocycles. The summed E-state index contributed by atoms with van der Waals surface area (Å²) < 4.78 is 11.3. The van der Waals surface area contributed by atoms with Crippen LogP contribution in [-0.2, 0) is 16.0 Å². The summed E-state index contributed by atoms with van der Waals surface area (Å²) in [6.45, 7) is 1.23. The lowest BCUT2D eigenvalue weighted by Crippen LogP contribution is -2.03. The minimum Gasteiger partial charge on any atom is -0.464 e. The Bertz CT molecular complexity index is 536. The molecule has 0 bridgehead atoms. The van der Waals surface area contributed by atoms with Crippen molar-refractivity contribution in [3.05, 3.63) is 24.0 Å². The molecule has 0 saturated carbocycles. The smallest absolute Gasteiger partial charge is 0.356 e. The Labute approximate surface area is 98.2 Å². The van der Waals surface area contributed by atoms with Gasteiger partial charge in [-0.3, -0.25) is 4.68 Å². The predicted octanol–water partition coefficient (Wildman–Crippen LogP) is 0.864. The number of aromatic nitrogens is 3. The van der Waals surface area contributed by atoms with Gasteiger partial charge in [0.25, 0.3) is 0 Å². The van der Waals surface area contributed by atoms with Gasteiger partial charge in [-0.2, -0.15) is 5.10 Å². The Balaban J connectivity index is 2.31. The van der Waals surface area contributed by atoms with E-state index >= 15 is 0 Å². The largest absolute Gasteiger partial charge is 0.464 e. The Morgan fingerprint density at radius 1 is 1.35 bits per heavy atom. The molecule has 0 aliphatic carbocycles. The van der Waals surface area contributed by atoms with E-state index in [0.29, 0.717) is 18.7 Å². The number of nitrogens with zero attached hydrogens (tertiary/aromatic N) is 3. The molecule has 2 rings (SSSR count). The van der Waals surface area contributed by atoms with Crippen molar-refractivity contribution >= 4 is 17.0 Å². The van der Waals surface area contributed by atoms with Crippen molar-refractivity contribution < 1.29 is 14.3 Å². The van der Waals surface area contributed by atoms with Gasteiger partial charge in [-0.05, 0) is 12.1 Å². The van der Waals surface area contributed by atoms with Crippen molar-refractivity contribution in [2.24, 2.45) is 0 Å². The van der Waals surface area contributed by atoms with Crippen LogP contribution >= 0.6 is 0 Å². The van der Waals surface area contributed by atoms with Crippen LogP contribution in [0.5, 0.6) is 0 Å². The van der Waals surface area contributed by atoms with Crippen LogP contribution in [0.2, 0.25) is 0 Å². The van der Waals surface area contributed by atoms with Gasteiger partial charge in [0.2, 0.25) is 0 Å². The molecule has 0 fully saturated rings. The average Bonchev–Trinajstić information content (AvgIpc) is 2.76. The SMILES string of the molecule is COCCn1cc2nc(C(=O)OC)ccc2n1. The molecule has 2 heterocycles. The van der Waals surface area contributed by atoms with Crippen LogP contribution in [0.1, 0.15) is 10.5 Å². The quantitative estimate of drug-likeness (QED) is 0.735. The van der Waals surface area contributed by atoms with E-state index in [4.69, 9.17) is 4.74 Å². The predicted molar refractivity (Wildman–Crippen MR) is 60.7 cm³/mol. The molecular formula is C11H13N3O3. The third-order valence-electron chi connectivity index (χ3n) is 2.33. The highest BCUT2D eigenvalue weighted by atomic mass is 16.5. The van der Waals surface area contributed by atoms with E-state index in [1.807, 2.05) is 0 Å². The highest BCUT2D eigenvalue weighted by molar-refractivity contribution is 5.90. The van der Waals surface area contributed by atoms with Gasteiger partial charge in [-0.25, -0.2) is 9.78 Å². The van der Waals surface area contributed by atoms with Crippen LogP contribution in [0, 0.1) is 0 Å². The van der Waals surface area contributed by atoms with Gasteiger partial charge >= 0.3 is 5.97 Å². The van der Waals surface area contributed by atoms with Crippen LogP contribution < -0.4 is 0 Å². The molecule has 0 atom stereocenters. The first kappa shape index (κ1) is 11.5. The van der Waals surface area contributed by atoms with E-state index in [9.17, 15) is 4.79 Å². The van der Waals surface area contributed by atoms with Gasteiger partial charge in [-0.1, -0.05) is 0 Å². The minimum absolute atomic E-state index is 0.284. The van der Waals surface area contributed by atoms with Gasteiger partial charge in [0.15, 0.2) is 0 Å². The number of ether oxygens (including phenoxy) is 2. The topological polar surface area (TPSA) is 66.2 Å². The van der Waals surface area contributed by atoms with E-state index in [2.05, 4.69) is 14.8 Å². The van der Waals surface area contributed by atoms with Crippen LogP contribution in [0.15, 0.2) is 18.3 Å². The van der Waals surface area contributed by atoms with Crippen molar-refractivity contribution in [2.75, 3.05) is 20.8 Å². The van der Waals surface area contributed by atoms with Crippen molar-refractivity contribution in [3.63, 3.8) is 0 Å². The van der Waals surface area contributed by atoms with Gasteiger partial charge in [0, 0.05) is 7.11 Å². The number of fused-ring (bicyclic) bond motifs is 1. The number of rotatable bonds is 4. The molecule has 0 spiro atoms. The van der Waals surface area contributed by atoms with Crippen LogP contribution in [0.4, 0.5) is 0 Å². The average molecular weight is 235 g/mol. The Morgan fingerprint density at radius 2 is 2.18 bits per heavy atom. The molecule has 0 amide bonds. The van der Waals surface area contributed by atoms with Crippen molar-refractivity contribution in [2.45, 2.75) is 6.54 Å². The molecule has 6 nitrogen and oxygen atoms in total. The maximum atomic E-state index is 11.3. The highest BCUT2D eigenvalue weighted by Gasteiger charge is 2.09. The zero-order valence-electron chi connectivity index (χ0n) is 9.71. The molecule has 0 radical (unpaired) electrons. The first-order chi connectivity index (χ1) is 8.24. The Hall–Kier alpha value is -1.95. The summed E-state index contributed by atoms with van der Waals surface area (Å²) in [5.41, 5.74) is 1.70. The fraction of sp³-hybridized carbons (Fsp3) is 0.364. The second-order valence-corrected chi connectivity index (χ2v) is 3.48. The summed E-state index contributed by atoms with van der Waals surface area (Å²) >= 11 is 0. The second kappa shape index (κ2) is 4.92. The van der Waals surface area contributed by atoms with E-state index in [-0.39, 0.29) is 5.69 Å². The van der Waals surface area contributed by atoms with E-state index in [1.54, 1.807) is 30.1 Å². The minimum atomic E-state index is -0.448. The number of pyridine rings is 1. The van der Waals surface area contributed by atoms with Crippen molar-refractivity contribution in [1.29, 1.82) is 0 Å². The van der Waals surface area contributed by atoms with Crippen molar-refractivity contribution in [1.82, 2.24) is 14.8 Å². The number of methoxy groups -OCH3 is 2. The Kier molecular flexibility index (Phi) is 3.34. The number of carbonyl (C=O) groups excluding carboxylic acids is 1. The maximum Gasteiger partial charge on any atom is 0.356 e. The standard InChI is InChI=1S/C11H13N3O3/c1-16-6-5-14-7-10-8(13-14)3-4-9(12-10)11(15)17-2/h3-4,7H,5-6H2,1-2H3. The summed E-state index contributed by atoms with van der Waals surface area (Å²) in [6.07, 6.45) is 1.78. The van der Waals surface area contributed by atoms with Crippen LogP contribution in [0.25, 0.3) is 11.0 Å². The lowest BCUT2D eigenvalue weighted by atomic mass is 10.3. The molecule has 0 aliphatic heterocycles. The summed E-state index contributed by atoms with van der Waals surface area (Å²) in [6, 6.07) is 3.35. The fourth-order valence-electron chi connectivity index (χ4n) is 1.47. The first-order valence-electron chi connectivity index (χ1n) is 5.16. The molecule has 90 valence electrons. The highest BCUT2D eigenvalue weighted by Crippen LogP contribution is 2.11. The molecule has 0 aromatic carbocycles. The fourth-order valence-corrected chi connectivity index (χ4v) is 1.47. The lowest BCUT2D eigenvalue weighted by molar-refractivity contribution is 0.0594. The summed E-state index contributed by atoms with van der Waals surface area (Å²) in [5, 5.41) is 4.30. The van der Waals surface area contributed by atoms with Gasteiger partial charge in [0.1, 0.15) is 16.7 Å². The third kappa shape index (κ3) is 2.42. The number of hydrogen-bond donors (Lipinski definition) is 0. The third-order valence-corrected chi connectivity index (χ3v) is 2.33. The van der Waals surface area contributed by atoms with Gasteiger partial charge in [-0.15, -0.1) is 0 Å². The molecule has 0 N–H and O–H groups in total. The number of carbonyl (C=O) groups is 1. The second-order valence-electron chi connectivity index (χ2n) is 3.48. The van der Waals surface area contributed by atoms with Crippen LogP contribution in [-0.4, -0.2) is 41.6 Å². The molecule has 2 aromatic rings. The lowest BCUT2D eigenvalue weighted by Gasteiger charge is -1.97. The molecule has 17 heavy (non-hydrogen) atoms.